The molecule has 1 N–H and O–H groups in total. The van der Waals surface area contributed by atoms with E-state index in [1.165, 1.54) is 5.56 Å². The van der Waals surface area contributed by atoms with Crippen LogP contribution in [0.1, 0.15) is 49.4 Å². The molecule has 0 bridgehead atoms. The minimum Gasteiger partial charge on any atom is -0.488 e. The van der Waals surface area contributed by atoms with Gasteiger partial charge in [-0.1, -0.05) is 18.2 Å². The van der Waals surface area contributed by atoms with Gasteiger partial charge in [-0.15, -0.1) is 0 Å². The minimum atomic E-state index is -0.212. The van der Waals surface area contributed by atoms with E-state index in [0.29, 0.717) is 13.0 Å². The third-order valence-corrected chi connectivity index (χ3v) is 4.99. The topological polar surface area (TPSA) is 56.1 Å². The third kappa shape index (κ3) is 4.03. The van der Waals surface area contributed by atoms with Gasteiger partial charge in [-0.05, 0) is 50.8 Å². The second-order valence-corrected chi connectivity index (χ2v) is 7.48. The van der Waals surface area contributed by atoms with Crippen molar-refractivity contribution in [3.8, 4) is 5.75 Å². The Morgan fingerprint density at radius 2 is 2.16 bits per heavy atom. The standard InChI is InChI=1S/C20H27N3O2/c1-14-15(13-22-23(14)4)9-10-19(24)21-12-16-11-20(2,3)25-18-8-6-5-7-17(16)18/h5-8,13,16H,9-12H2,1-4H3,(H,21,24). The van der Waals surface area contributed by atoms with E-state index in [9.17, 15) is 4.79 Å². The van der Waals surface area contributed by atoms with Crippen LogP contribution < -0.4 is 10.1 Å². The Morgan fingerprint density at radius 3 is 2.88 bits per heavy atom. The smallest absolute Gasteiger partial charge is 0.220 e. The van der Waals surface area contributed by atoms with Crippen molar-refractivity contribution in [3.05, 3.63) is 47.3 Å². The summed E-state index contributed by atoms with van der Waals surface area (Å²) in [7, 11) is 1.92. The van der Waals surface area contributed by atoms with Crippen LogP contribution in [0.15, 0.2) is 30.5 Å². The van der Waals surface area contributed by atoms with Crippen LogP contribution in [0.4, 0.5) is 0 Å². The summed E-state index contributed by atoms with van der Waals surface area (Å²) in [5, 5.41) is 7.33. The van der Waals surface area contributed by atoms with Crippen molar-refractivity contribution in [1.82, 2.24) is 15.1 Å². The highest BCUT2D eigenvalue weighted by molar-refractivity contribution is 5.76. The molecule has 1 unspecified atom stereocenters. The summed E-state index contributed by atoms with van der Waals surface area (Å²) in [6, 6.07) is 8.13. The quantitative estimate of drug-likeness (QED) is 0.909. The lowest BCUT2D eigenvalue weighted by atomic mass is 9.84. The molecule has 1 aromatic carbocycles. The van der Waals surface area contributed by atoms with Crippen LogP contribution in [0.2, 0.25) is 0 Å². The van der Waals surface area contributed by atoms with Crippen LogP contribution in [-0.4, -0.2) is 27.8 Å². The monoisotopic (exact) mass is 341 g/mol. The number of nitrogens with one attached hydrogen (secondary N) is 1. The number of benzene rings is 1. The molecule has 5 heteroatoms. The van der Waals surface area contributed by atoms with Crippen molar-refractivity contribution < 1.29 is 9.53 Å². The fraction of sp³-hybridized carbons (Fsp3) is 0.500. The first kappa shape index (κ1) is 17.5. The Balaban J connectivity index is 1.57. The maximum atomic E-state index is 12.3. The van der Waals surface area contributed by atoms with Crippen LogP contribution in [-0.2, 0) is 18.3 Å². The number of hydrogen-bond acceptors (Lipinski definition) is 3. The van der Waals surface area contributed by atoms with Gasteiger partial charge in [0, 0.05) is 31.6 Å². The first-order valence-corrected chi connectivity index (χ1v) is 8.88. The van der Waals surface area contributed by atoms with E-state index in [0.717, 1.165) is 29.8 Å². The summed E-state index contributed by atoms with van der Waals surface area (Å²) < 4.78 is 7.90. The van der Waals surface area contributed by atoms with Crippen LogP contribution >= 0.6 is 0 Å². The van der Waals surface area contributed by atoms with Crippen molar-refractivity contribution in [2.45, 2.75) is 51.6 Å². The zero-order valence-electron chi connectivity index (χ0n) is 15.5. The van der Waals surface area contributed by atoms with Gasteiger partial charge < -0.3 is 10.1 Å². The van der Waals surface area contributed by atoms with E-state index in [2.05, 4.69) is 30.3 Å². The summed E-state index contributed by atoms with van der Waals surface area (Å²) in [6.45, 7) is 6.88. The molecule has 0 aliphatic carbocycles. The van der Waals surface area contributed by atoms with Crippen molar-refractivity contribution in [1.29, 1.82) is 0 Å². The lowest BCUT2D eigenvalue weighted by Crippen LogP contribution is -2.39. The molecule has 25 heavy (non-hydrogen) atoms. The fourth-order valence-electron chi connectivity index (χ4n) is 3.50. The van der Waals surface area contributed by atoms with Crippen molar-refractivity contribution in [2.75, 3.05) is 6.54 Å². The first-order valence-electron chi connectivity index (χ1n) is 8.88. The molecule has 1 atom stereocenters. The van der Waals surface area contributed by atoms with E-state index in [1.54, 1.807) is 0 Å². The molecule has 2 heterocycles. The number of rotatable bonds is 5. The molecular weight excluding hydrogens is 314 g/mol. The molecule has 134 valence electrons. The normalized spacial score (nSPS) is 18.3. The number of carbonyl (C=O) groups is 1. The Morgan fingerprint density at radius 1 is 1.40 bits per heavy atom. The summed E-state index contributed by atoms with van der Waals surface area (Å²) in [5.74, 6) is 1.30. The summed E-state index contributed by atoms with van der Waals surface area (Å²) in [6.07, 6.45) is 3.95. The van der Waals surface area contributed by atoms with E-state index >= 15 is 0 Å². The molecule has 0 spiro atoms. The molecule has 0 saturated carbocycles. The number of amides is 1. The molecule has 1 aliphatic rings. The van der Waals surface area contributed by atoms with Gasteiger partial charge in [0.15, 0.2) is 0 Å². The van der Waals surface area contributed by atoms with E-state index in [4.69, 9.17) is 4.74 Å². The van der Waals surface area contributed by atoms with Gasteiger partial charge in [0.1, 0.15) is 11.4 Å². The second-order valence-electron chi connectivity index (χ2n) is 7.48. The number of aromatic nitrogens is 2. The summed E-state index contributed by atoms with van der Waals surface area (Å²) in [4.78, 5) is 12.3. The molecule has 1 amide bonds. The van der Waals surface area contributed by atoms with Gasteiger partial charge in [-0.25, -0.2) is 0 Å². The summed E-state index contributed by atoms with van der Waals surface area (Å²) in [5.41, 5.74) is 3.23. The number of aryl methyl sites for hydroxylation is 2. The SMILES string of the molecule is Cc1c(CCC(=O)NCC2CC(C)(C)Oc3ccccc32)cnn1C. The third-order valence-electron chi connectivity index (χ3n) is 4.99. The molecule has 0 fully saturated rings. The fourth-order valence-corrected chi connectivity index (χ4v) is 3.50. The van der Waals surface area contributed by atoms with Crippen molar-refractivity contribution in [2.24, 2.45) is 7.05 Å². The Labute approximate surface area is 149 Å². The molecule has 2 aromatic rings. The lowest BCUT2D eigenvalue weighted by molar-refractivity contribution is -0.121. The number of carbonyl (C=O) groups excluding carboxylic acids is 1. The largest absolute Gasteiger partial charge is 0.488 e. The van der Waals surface area contributed by atoms with Gasteiger partial charge in [-0.3, -0.25) is 9.48 Å². The van der Waals surface area contributed by atoms with Crippen molar-refractivity contribution in [3.63, 3.8) is 0 Å². The molecular formula is C20H27N3O2. The summed E-state index contributed by atoms with van der Waals surface area (Å²) >= 11 is 0. The van der Waals surface area contributed by atoms with Gasteiger partial charge >= 0.3 is 0 Å². The number of fused-ring (bicyclic) bond motifs is 1. The molecule has 0 radical (unpaired) electrons. The van der Waals surface area contributed by atoms with E-state index in [-0.39, 0.29) is 17.4 Å². The zero-order valence-corrected chi connectivity index (χ0v) is 15.5. The average molecular weight is 341 g/mol. The predicted molar refractivity (Wildman–Crippen MR) is 97.8 cm³/mol. The average Bonchev–Trinajstić information content (AvgIpc) is 2.88. The minimum absolute atomic E-state index is 0.0880. The number of hydrogen-bond donors (Lipinski definition) is 1. The molecule has 0 saturated heterocycles. The maximum Gasteiger partial charge on any atom is 0.220 e. The van der Waals surface area contributed by atoms with Crippen molar-refractivity contribution >= 4 is 5.91 Å². The van der Waals surface area contributed by atoms with Crippen LogP contribution in [0.5, 0.6) is 5.75 Å². The highest BCUT2D eigenvalue weighted by Gasteiger charge is 2.33. The highest BCUT2D eigenvalue weighted by atomic mass is 16.5. The van der Waals surface area contributed by atoms with Gasteiger partial charge in [0.05, 0.1) is 6.20 Å². The molecule has 1 aliphatic heterocycles. The van der Waals surface area contributed by atoms with Crippen LogP contribution in [0.3, 0.4) is 0 Å². The lowest BCUT2D eigenvalue weighted by Gasteiger charge is -2.37. The number of nitrogens with zero attached hydrogens (tertiary/aromatic N) is 2. The Bertz CT molecular complexity index is 764. The molecule has 1 aromatic heterocycles. The van der Waals surface area contributed by atoms with Gasteiger partial charge in [0.2, 0.25) is 5.91 Å². The van der Waals surface area contributed by atoms with Crippen LogP contribution in [0, 0.1) is 6.92 Å². The molecule has 5 nitrogen and oxygen atoms in total. The van der Waals surface area contributed by atoms with Gasteiger partial charge in [-0.2, -0.15) is 5.10 Å². The predicted octanol–water partition coefficient (Wildman–Crippen LogP) is 3.12. The van der Waals surface area contributed by atoms with E-state index in [1.807, 2.05) is 43.0 Å². The number of ether oxygens (including phenoxy) is 1. The Hall–Kier alpha value is -2.30. The van der Waals surface area contributed by atoms with Gasteiger partial charge in [0.25, 0.3) is 0 Å². The number of para-hydroxylation sites is 1. The zero-order chi connectivity index (χ0) is 18.0. The highest BCUT2D eigenvalue weighted by Crippen LogP contribution is 2.40. The van der Waals surface area contributed by atoms with E-state index < -0.39 is 0 Å². The Kier molecular flexibility index (Phi) is 4.84. The van der Waals surface area contributed by atoms with Crippen LogP contribution in [0.25, 0.3) is 0 Å². The second kappa shape index (κ2) is 6.90. The first-order chi connectivity index (χ1) is 11.9. The molecule has 3 rings (SSSR count). The maximum absolute atomic E-state index is 12.3.